The third kappa shape index (κ3) is 3.22. The predicted octanol–water partition coefficient (Wildman–Crippen LogP) is 1.33. The minimum Gasteiger partial charge on any atom is -0.350 e. The van der Waals surface area contributed by atoms with Crippen LogP contribution in [0.3, 0.4) is 0 Å². The molecule has 1 amide bonds. The van der Waals surface area contributed by atoms with Gasteiger partial charge < -0.3 is 5.32 Å². The topological polar surface area (TPSA) is 108 Å². The normalized spacial score (nSPS) is 12.2. The molecule has 2 aromatic heterocycles. The third-order valence-corrected chi connectivity index (χ3v) is 3.78. The first kappa shape index (κ1) is 16.7. The van der Waals surface area contributed by atoms with Gasteiger partial charge in [0.05, 0.1) is 10.6 Å². The fourth-order valence-corrected chi connectivity index (χ4v) is 2.56. The highest BCUT2D eigenvalue weighted by Gasteiger charge is 2.26. The maximum absolute atomic E-state index is 12.3. The summed E-state index contributed by atoms with van der Waals surface area (Å²) in [4.78, 5) is 22.9. The zero-order valence-corrected chi connectivity index (χ0v) is 13.8. The van der Waals surface area contributed by atoms with Crippen molar-refractivity contribution in [3.63, 3.8) is 0 Å². The van der Waals surface area contributed by atoms with Gasteiger partial charge in [0, 0.05) is 25.4 Å². The van der Waals surface area contributed by atoms with Crippen molar-refractivity contribution in [2.75, 3.05) is 0 Å². The number of nitro groups is 1. The van der Waals surface area contributed by atoms with Gasteiger partial charge in [-0.25, -0.2) is 0 Å². The molecule has 0 saturated heterocycles. The molecule has 1 atom stereocenters. The van der Waals surface area contributed by atoms with Crippen LogP contribution in [0, 0.1) is 30.9 Å². The number of carbonyl (C=O) groups excluding carboxylic acids is 1. The number of nitrogens with one attached hydrogen (secondary N) is 1. The van der Waals surface area contributed by atoms with E-state index in [-0.39, 0.29) is 11.6 Å². The van der Waals surface area contributed by atoms with Crippen LogP contribution in [-0.2, 0) is 18.4 Å². The minimum atomic E-state index is -0.639. The van der Waals surface area contributed by atoms with Crippen molar-refractivity contribution in [1.82, 2.24) is 24.9 Å². The lowest BCUT2D eigenvalue weighted by atomic mass is 10.2. The molecule has 0 saturated carbocycles. The average molecular weight is 320 g/mol. The van der Waals surface area contributed by atoms with E-state index in [1.807, 2.05) is 20.2 Å². The van der Waals surface area contributed by atoms with Crippen molar-refractivity contribution in [1.29, 1.82) is 0 Å². The van der Waals surface area contributed by atoms with Crippen LogP contribution in [0.5, 0.6) is 0 Å². The third-order valence-electron chi connectivity index (χ3n) is 3.78. The molecular formula is C14H20N6O3. The molecule has 0 aliphatic heterocycles. The van der Waals surface area contributed by atoms with E-state index in [9.17, 15) is 14.9 Å². The summed E-state index contributed by atoms with van der Waals surface area (Å²) < 4.78 is 3.07. The summed E-state index contributed by atoms with van der Waals surface area (Å²) in [5.74, 6) is -0.256. The fourth-order valence-electron chi connectivity index (χ4n) is 2.56. The van der Waals surface area contributed by atoms with E-state index in [1.54, 1.807) is 25.5 Å². The van der Waals surface area contributed by atoms with Crippen LogP contribution in [0.25, 0.3) is 0 Å². The highest BCUT2D eigenvalue weighted by atomic mass is 16.6. The van der Waals surface area contributed by atoms with Gasteiger partial charge in [-0.2, -0.15) is 10.2 Å². The first-order valence-corrected chi connectivity index (χ1v) is 7.19. The zero-order valence-electron chi connectivity index (χ0n) is 13.8. The van der Waals surface area contributed by atoms with Gasteiger partial charge >= 0.3 is 5.69 Å². The lowest BCUT2D eigenvalue weighted by Gasteiger charge is -2.13. The standard InChI is InChI=1S/C14H20N6O3/c1-8-12(7-18(5)16-8)6-15-14(21)11(4)19-10(3)13(20(22)23)9(2)17-19/h7,11H,6H2,1-5H3,(H,15,21). The SMILES string of the molecule is Cc1nn(C)cc1CNC(=O)C(C)n1nc(C)c([N+](=O)[O-])c1C. The molecule has 124 valence electrons. The molecule has 0 spiro atoms. The first-order chi connectivity index (χ1) is 10.7. The smallest absolute Gasteiger partial charge is 0.312 e. The molecule has 0 fully saturated rings. The van der Waals surface area contributed by atoms with Crippen LogP contribution in [0.4, 0.5) is 5.69 Å². The van der Waals surface area contributed by atoms with E-state index in [4.69, 9.17) is 0 Å². The van der Waals surface area contributed by atoms with Crippen LogP contribution in [0.15, 0.2) is 6.20 Å². The van der Waals surface area contributed by atoms with Crippen molar-refractivity contribution >= 4 is 11.6 Å². The van der Waals surface area contributed by atoms with Gasteiger partial charge in [-0.15, -0.1) is 0 Å². The van der Waals surface area contributed by atoms with Gasteiger partial charge in [0.2, 0.25) is 5.91 Å². The Morgan fingerprint density at radius 2 is 2.00 bits per heavy atom. The predicted molar refractivity (Wildman–Crippen MR) is 82.9 cm³/mol. The number of hydrogen-bond acceptors (Lipinski definition) is 5. The molecule has 0 radical (unpaired) electrons. The van der Waals surface area contributed by atoms with Gasteiger partial charge in [-0.3, -0.25) is 24.3 Å². The Labute approximate surface area is 133 Å². The summed E-state index contributed by atoms with van der Waals surface area (Å²) >= 11 is 0. The van der Waals surface area contributed by atoms with Gasteiger partial charge in [-0.05, 0) is 27.7 Å². The molecule has 1 N–H and O–H groups in total. The molecule has 0 aliphatic carbocycles. The van der Waals surface area contributed by atoms with Crippen molar-refractivity contribution in [3.8, 4) is 0 Å². The summed E-state index contributed by atoms with van der Waals surface area (Å²) in [5, 5.41) is 22.2. The second kappa shape index (κ2) is 6.19. The highest BCUT2D eigenvalue weighted by molar-refractivity contribution is 5.80. The lowest BCUT2D eigenvalue weighted by Crippen LogP contribution is -2.31. The minimum absolute atomic E-state index is 0.0484. The van der Waals surface area contributed by atoms with E-state index < -0.39 is 11.0 Å². The van der Waals surface area contributed by atoms with Crippen LogP contribution in [0.2, 0.25) is 0 Å². The number of nitrogens with zero attached hydrogens (tertiary/aromatic N) is 5. The quantitative estimate of drug-likeness (QED) is 0.660. The first-order valence-electron chi connectivity index (χ1n) is 7.19. The largest absolute Gasteiger partial charge is 0.350 e. The molecule has 9 heteroatoms. The number of amides is 1. The Hall–Kier alpha value is -2.71. The molecule has 0 aliphatic rings. The van der Waals surface area contributed by atoms with Gasteiger partial charge in [0.25, 0.3) is 0 Å². The number of rotatable bonds is 5. The van der Waals surface area contributed by atoms with Gasteiger partial charge in [-0.1, -0.05) is 0 Å². The van der Waals surface area contributed by atoms with E-state index in [2.05, 4.69) is 15.5 Å². The van der Waals surface area contributed by atoms with E-state index >= 15 is 0 Å². The Morgan fingerprint density at radius 3 is 2.48 bits per heavy atom. The lowest BCUT2D eigenvalue weighted by molar-refractivity contribution is -0.386. The van der Waals surface area contributed by atoms with E-state index in [1.165, 1.54) is 4.68 Å². The summed E-state index contributed by atoms with van der Waals surface area (Å²) in [6, 6.07) is -0.639. The molecule has 2 heterocycles. The van der Waals surface area contributed by atoms with Crippen LogP contribution in [-0.4, -0.2) is 30.4 Å². The number of carbonyl (C=O) groups is 1. The van der Waals surface area contributed by atoms with Gasteiger partial charge in [0.1, 0.15) is 17.4 Å². The number of aromatic nitrogens is 4. The van der Waals surface area contributed by atoms with E-state index in [0.29, 0.717) is 17.9 Å². The molecule has 0 bridgehead atoms. The Bertz CT molecular complexity index is 761. The van der Waals surface area contributed by atoms with Crippen molar-refractivity contribution in [3.05, 3.63) is 39.0 Å². The van der Waals surface area contributed by atoms with Crippen LogP contribution >= 0.6 is 0 Å². The summed E-state index contributed by atoms with van der Waals surface area (Å²) in [6.45, 7) is 7.03. The van der Waals surface area contributed by atoms with Crippen molar-refractivity contribution in [2.45, 2.75) is 40.3 Å². The monoisotopic (exact) mass is 320 g/mol. The molecular weight excluding hydrogens is 300 g/mol. The number of aryl methyl sites for hydroxylation is 3. The zero-order chi connectivity index (χ0) is 17.3. The second-order valence-corrected chi connectivity index (χ2v) is 5.53. The van der Waals surface area contributed by atoms with Gasteiger partial charge in [0.15, 0.2) is 0 Å². The Morgan fingerprint density at radius 1 is 1.35 bits per heavy atom. The van der Waals surface area contributed by atoms with Crippen molar-refractivity contribution in [2.24, 2.45) is 7.05 Å². The maximum atomic E-state index is 12.3. The summed E-state index contributed by atoms with van der Waals surface area (Å²) in [6.07, 6.45) is 1.84. The van der Waals surface area contributed by atoms with Crippen molar-refractivity contribution < 1.29 is 9.72 Å². The Kier molecular flexibility index (Phi) is 4.48. The van der Waals surface area contributed by atoms with Crippen LogP contribution < -0.4 is 5.32 Å². The molecule has 2 aromatic rings. The summed E-state index contributed by atoms with van der Waals surface area (Å²) in [5.41, 5.74) is 2.39. The molecule has 23 heavy (non-hydrogen) atoms. The summed E-state index contributed by atoms with van der Waals surface area (Å²) in [7, 11) is 1.82. The maximum Gasteiger partial charge on any atom is 0.312 e. The number of hydrogen-bond donors (Lipinski definition) is 1. The molecule has 2 rings (SSSR count). The fraction of sp³-hybridized carbons (Fsp3) is 0.500. The second-order valence-electron chi connectivity index (χ2n) is 5.53. The molecule has 0 aromatic carbocycles. The van der Waals surface area contributed by atoms with Crippen LogP contribution in [0.1, 0.15) is 35.6 Å². The molecule has 9 nitrogen and oxygen atoms in total. The van der Waals surface area contributed by atoms with E-state index in [0.717, 1.165) is 11.3 Å². The highest BCUT2D eigenvalue weighted by Crippen LogP contribution is 2.24. The average Bonchev–Trinajstić information content (AvgIpc) is 2.94. The molecule has 1 unspecified atom stereocenters. The Balaban J connectivity index is 2.12.